The van der Waals surface area contributed by atoms with Gasteiger partial charge in [-0.1, -0.05) is 19.6 Å². The van der Waals surface area contributed by atoms with Gasteiger partial charge in [0.05, 0.1) is 0 Å². The van der Waals surface area contributed by atoms with Crippen molar-refractivity contribution in [2.45, 2.75) is 19.6 Å². The van der Waals surface area contributed by atoms with E-state index in [1.165, 1.54) is 0 Å². The molecule has 46 valence electrons. The molecule has 0 saturated heterocycles. The van der Waals surface area contributed by atoms with E-state index in [2.05, 4.69) is 0 Å². The van der Waals surface area contributed by atoms with Gasteiger partial charge < -0.3 is 0 Å². The van der Waals surface area contributed by atoms with Crippen LogP contribution >= 0.6 is 0 Å². The van der Waals surface area contributed by atoms with E-state index < -0.39 is 8.07 Å². The highest BCUT2D eigenvalue weighted by Crippen LogP contribution is 1.98. The molecule has 0 aliphatic rings. The molecule has 0 bridgehead atoms. The zero-order chi connectivity index (χ0) is 6.78. The van der Waals surface area contributed by atoms with E-state index in [4.69, 9.17) is 0 Å². The second-order valence-electron chi connectivity index (χ2n) is 2.73. The van der Waals surface area contributed by atoms with Gasteiger partial charge in [-0.05, 0) is 0 Å². The molecule has 0 N–H and O–H groups in total. The maximum absolute atomic E-state index is 10.5. The van der Waals surface area contributed by atoms with Crippen molar-refractivity contribution in [3.63, 3.8) is 0 Å². The first kappa shape index (κ1) is 7.56. The van der Waals surface area contributed by atoms with Gasteiger partial charge in [0.15, 0.2) is 11.7 Å². The zero-order valence-electron chi connectivity index (χ0n) is 5.39. The molecular formula is C5H10O2Si. The standard InChI is InChI=1S/C5H10O2Si/c1-8(2,3)5(7)4-6/h4H,1-3H3. The average Bonchev–Trinajstić information content (AvgIpc) is 1.62. The van der Waals surface area contributed by atoms with Gasteiger partial charge in [0.1, 0.15) is 8.07 Å². The van der Waals surface area contributed by atoms with E-state index in [9.17, 15) is 9.59 Å². The van der Waals surface area contributed by atoms with Gasteiger partial charge >= 0.3 is 0 Å². The van der Waals surface area contributed by atoms with Crippen LogP contribution in [-0.4, -0.2) is 19.8 Å². The summed E-state index contributed by atoms with van der Waals surface area (Å²) in [6, 6.07) is 0. The second kappa shape index (κ2) is 2.22. The SMILES string of the molecule is C[Si](C)(C)C(=O)C=O. The summed E-state index contributed by atoms with van der Waals surface area (Å²) >= 11 is 0. The largest absolute Gasteiger partial charge is 0.297 e. The average molecular weight is 130 g/mol. The van der Waals surface area contributed by atoms with E-state index in [0.717, 1.165) is 0 Å². The number of carbonyl (C=O) groups is 2. The minimum Gasteiger partial charge on any atom is -0.297 e. The minimum atomic E-state index is -1.77. The Kier molecular flexibility index (Phi) is 2.09. The first-order valence-corrected chi connectivity index (χ1v) is 5.98. The van der Waals surface area contributed by atoms with E-state index in [1.807, 2.05) is 19.6 Å². The lowest BCUT2D eigenvalue weighted by Crippen LogP contribution is -2.34. The zero-order valence-corrected chi connectivity index (χ0v) is 6.39. The van der Waals surface area contributed by atoms with E-state index >= 15 is 0 Å². The lowest BCUT2D eigenvalue weighted by atomic mass is 10.9. The van der Waals surface area contributed by atoms with Crippen LogP contribution in [0.3, 0.4) is 0 Å². The third kappa shape index (κ3) is 2.02. The molecule has 0 amide bonds. The molecule has 0 saturated carbocycles. The second-order valence-corrected chi connectivity index (χ2v) is 7.72. The lowest BCUT2D eigenvalue weighted by molar-refractivity contribution is -0.125. The van der Waals surface area contributed by atoms with Gasteiger partial charge in [0.2, 0.25) is 0 Å². The highest BCUT2D eigenvalue weighted by molar-refractivity contribution is 7.10. The van der Waals surface area contributed by atoms with Crippen molar-refractivity contribution in [3.05, 3.63) is 0 Å². The van der Waals surface area contributed by atoms with Crippen molar-refractivity contribution >= 4 is 19.8 Å². The van der Waals surface area contributed by atoms with Crippen LogP contribution < -0.4 is 0 Å². The van der Waals surface area contributed by atoms with Crippen molar-refractivity contribution in [2.75, 3.05) is 0 Å². The molecule has 0 atom stereocenters. The van der Waals surface area contributed by atoms with Crippen molar-refractivity contribution in [1.29, 1.82) is 0 Å². The van der Waals surface area contributed by atoms with E-state index in [-0.39, 0.29) is 5.41 Å². The normalized spacial score (nSPS) is 10.9. The molecule has 0 fully saturated rings. The highest BCUT2D eigenvalue weighted by Gasteiger charge is 2.22. The summed E-state index contributed by atoms with van der Waals surface area (Å²) in [6.45, 7) is 5.55. The first-order valence-electron chi connectivity index (χ1n) is 2.48. The van der Waals surface area contributed by atoms with E-state index in [0.29, 0.717) is 6.29 Å². The van der Waals surface area contributed by atoms with Crippen LogP contribution in [0, 0.1) is 0 Å². The van der Waals surface area contributed by atoms with Gasteiger partial charge in [-0.2, -0.15) is 0 Å². The number of rotatable bonds is 2. The van der Waals surface area contributed by atoms with Crippen LogP contribution in [0.5, 0.6) is 0 Å². The Hall–Kier alpha value is -0.443. The summed E-state index contributed by atoms with van der Waals surface area (Å²) in [7, 11) is -1.77. The highest BCUT2D eigenvalue weighted by atomic mass is 28.3. The maximum Gasteiger partial charge on any atom is 0.180 e. The van der Waals surface area contributed by atoms with Crippen molar-refractivity contribution in [1.82, 2.24) is 0 Å². The molecule has 2 nitrogen and oxygen atoms in total. The van der Waals surface area contributed by atoms with Crippen LogP contribution in [0.25, 0.3) is 0 Å². The fourth-order valence-electron chi connectivity index (χ4n) is 0.177. The first-order chi connectivity index (χ1) is 3.48. The van der Waals surface area contributed by atoms with Crippen LogP contribution in [0.15, 0.2) is 0 Å². The molecule has 0 aromatic rings. The van der Waals surface area contributed by atoms with Crippen LogP contribution in [0.4, 0.5) is 0 Å². The molecule has 0 spiro atoms. The van der Waals surface area contributed by atoms with Crippen LogP contribution in [0.2, 0.25) is 19.6 Å². The number of carbonyl (C=O) groups excluding carboxylic acids is 2. The van der Waals surface area contributed by atoms with Gasteiger partial charge in [0, 0.05) is 0 Å². The third-order valence-electron chi connectivity index (χ3n) is 0.846. The predicted molar refractivity (Wildman–Crippen MR) is 34.4 cm³/mol. The smallest absolute Gasteiger partial charge is 0.180 e. The Morgan fingerprint density at radius 1 is 1.38 bits per heavy atom. The molecule has 0 rings (SSSR count). The molecule has 8 heavy (non-hydrogen) atoms. The summed E-state index contributed by atoms with van der Waals surface area (Å²) in [5, 5.41) is -0.211. The quantitative estimate of drug-likeness (QED) is 0.312. The maximum atomic E-state index is 10.5. The van der Waals surface area contributed by atoms with Crippen molar-refractivity contribution < 1.29 is 9.59 Å². The lowest BCUT2D eigenvalue weighted by Gasteiger charge is -2.06. The van der Waals surface area contributed by atoms with Crippen LogP contribution in [-0.2, 0) is 9.59 Å². The van der Waals surface area contributed by atoms with Gasteiger partial charge in [-0.15, -0.1) is 0 Å². The molecule has 0 unspecified atom stereocenters. The van der Waals surface area contributed by atoms with Gasteiger partial charge in [-0.3, -0.25) is 9.59 Å². The topological polar surface area (TPSA) is 34.1 Å². The molecule has 0 radical (unpaired) electrons. The third-order valence-corrected chi connectivity index (χ3v) is 2.44. The molecule has 0 aromatic heterocycles. The van der Waals surface area contributed by atoms with Crippen molar-refractivity contribution in [2.24, 2.45) is 0 Å². The summed E-state index contributed by atoms with van der Waals surface area (Å²) in [6.07, 6.45) is 0.423. The number of hydrogen-bond acceptors (Lipinski definition) is 2. The van der Waals surface area contributed by atoms with Crippen LogP contribution in [0.1, 0.15) is 0 Å². The predicted octanol–water partition coefficient (Wildman–Crippen LogP) is 0.632. The number of aldehydes is 1. The molecule has 0 aromatic carbocycles. The molecule has 0 aliphatic heterocycles. The molecule has 0 heterocycles. The molecule has 3 heteroatoms. The fourth-order valence-corrected chi connectivity index (χ4v) is 0.530. The Bertz CT molecular complexity index is 112. The summed E-state index contributed by atoms with van der Waals surface area (Å²) in [5.74, 6) is 0. The summed E-state index contributed by atoms with van der Waals surface area (Å²) in [5.41, 5.74) is 0. The summed E-state index contributed by atoms with van der Waals surface area (Å²) in [4.78, 5) is 20.4. The van der Waals surface area contributed by atoms with Gasteiger partial charge in [0.25, 0.3) is 0 Å². The summed E-state index contributed by atoms with van der Waals surface area (Å²) < 4.78 is 0. The Morgan fingerprint density at radius 2 is 1.75 bits per heavy atom. The molecule has 0 aliphatic carbocycles. The minimum absolute atomic E-state index is 0.211. The Balaban J connectivity index is 4.02. The fraction of sp³-hybridized carbons (Fsp3) is 0.600. The van der Waals surface area contributed by atoms with Gasteiger partial charge in [-0.25, -0.2) is 0 Å². The van der Waals surface area contributed by atoms with Crippen molar-refractivity contribution in [3.8, 4) is 0 Å². The van der Waals surface area contributed by atoms with E-state index in [1.54, 1.807) is 0 Å². The Morgan fingerprint density at radius 3 is 1.75 bits per heavy atom. The number of hydrogen-bond donors (Lipinski definition) is 0. The molecular weight excluding hydrogens is 120 g/mol. The Labute approximate surface area is 49.9 Å². The monoisotopic (exact) mass is 130 g/mol.